The highest BCUT2D eigenvalue weighted by molar-refractivity contribution is 5.30. The van der Waals surface area contributed by atoms with Crippen LogP contribution in [0.15, 0.2) is 12.2 Å². The number of allylic oxidation sites excluding steroid dienone is 1. The zero-order chi connectivity index (χ0) is 23.2. The lowest BCUT2D eigenvalue weighted by Crippen LogP contribution is -2.57. The van der Waals surface area contributed by atoms with E-state index in [-0.39, 0.29) is 24.0 Å². The minimum absolute atomic E-state index is 0.0964. The summed E-state index contributed by atoms with van der Waals surface area (Å²) in [4.78, 5) is 0. The van der Waals surface area contributed by atoms with Gasteiger partial charge in [0.05, 0.1) is 6.10 Å². The molecule has 0 aromatic rings. The molecule has 5 rings (SSSR count). The van der Waals surface area contributed by atoms with Crippen molar-refractivity contribution >= 4 is 0 Å². The van der Waals surface area contributed by atoms with Gasteiger partial charge >= 0.3 is 0 Å². The van der Waals surface area contributed by atoms with E-state index in [2.05, 4.69) is 53.7 Å². The van der Waals surface area contributed by atoms with Gasteiger partial charge in [0.1, 0.15) is 0 Å². The van der Waals surface area contributed by atoms with Gasteiger partial charge < -0.3 is 10.2 Å². The van der Waals surface area contributed by atoms with Gasteiger partial charge in [-0.2, -0.15) is 0 Å². The van der Waals surface area contributed by atoms with Crippen molar-refractivity contribution in [2.24, 2.45) is 56.7 Å². The first-order valence-corrected chi connectivity index (χ1v) is 13.9. The number of fused-ring (bicyclic) bond motifs is 2. The largest absolute Gasteiger partial charge is 0.396 e. The molecular formula is C30H50O2. The Hall–Kier alpha value is -0.340. The fourth-order valence-electron chi connectivity index (χ4n) is 11.1. The summed E-state index contributed by atoms with van der Waals surface area (Å²) < 4.78 is 0. The van der Waals surface area contributed by atoms with Gasteiger partial charge in [-0.1, -0.05) is 53.7 Å². The Morgan fingerprint density at radius 1 is 0.844 bits per heavy atom. The van der Waals surface area contributed by atoms with Crippen molar-refractivity contribution < 1.29 is 10.2 Å². The number of aliphatic hydroxyl groups is 2. The second kappa shape index (κ2) is 7.33. The number of hydrogen-bond acceptors (Lipinski definition) is 2. The fourth-order valence-corrected chi connectivity index (χ4v) is 11.1. The Balaban J connectivity index is 1.39. The normalized spacial score (nSPS) is 53.1. The molecule has 32 heavy (non-hydrogen) atoms. The van der Waals surface area contributed by atoms with Crippen molar-refractivity contribution in [1.29, 1.82) is 0 Å². The number of aliphatic hydroxyl groups excluding tert-OH is 2. The van der Waals surface area contributed by atoms with Crippen LogP contribution in [-0.2, 0) is 0 Å². The topological polar surface area (TPSA) is 40.5 Å². The van der Waals surface area contributed by atoms with Crippen LogP contribution in [0.1, 0.15) is 106 Å². The van der Waals surface area contributed by atoms with Crippen molar-refractivity contribution in [2.45, 2.75) is 112 Å². The molecule has 0 bridgehead atoms. The Kier molecular flexibility index (Phi) is 5.36. The Morgan fingerprint density at radius 3 is 2.25 bits per heavy atom. The van der Waals surface area contributed by atoms with Gasteiger partial charge in [-0.3, -0.25) is 0 Å². The van der Waals surface area contributed by atoms with Gasteiger partial charge in [-0.15, -0.1) is 0 Å². The Bertz CT molecular complexity index is 771. The summed E-state index contributed by atoms with van der Waals surface area (Å²) in [7, 11) is 0. The maximum absolute atomic E-state index is 10.8. The first-order valence-electron chi connectivity index (χ1n) is 13.9. The summed E-state index contributed by atoms with van der Waals surface area (Å²) in [5.41, 5.74) is 2.20. The lowest BCUT2D eigenvalue weighted by Gasteiger charge is -2.63. The first kappa shape index (κ1) is 23.4. The van der Waals surface area contributed by atoms with E-state index >= 15 is 0 Å². The van der Waals surface area contributed by atoms with Gasteiger partial charge in [-0.05, 0) is 121 Å². The SMILES string of the molecule is CC(C=CCC(C)C1CCC2(C)C3CCC4C(C)(C)C(O)CCC45CC35CCC12C)CO. The monoisotopic (exact) mass is 442 g/mol. The van der Waals surface area contributed by atoms with Crippen LogP contribution >= 0.6 is 0 Å². The van der Waals surface area contributed by atoms with E-state index in [1.165, 1.54) is 51.4 Å². The number of rotatable bonds is 5. The third-order valence-electron chi connectivity index (χ3n) is 13.1. The van der Waals surface area contributed by atoms with Gasteiger partial charge in [0, 0.05) is 6.61 Å². The summed E-state index contributed by atoms with van der Waals surface area (Å²) in [6, 6.07) is 0. The molecule has 2 heteroatoms. The lowest BCUT2D eigenvalue weighted by molar-refractivity contribution is -0.161. The van der Waals surface area contributed by atoms with Crippen molar-refractivity contribution in [3.8, 4) is 0 Å². The van der Waals surface area contributed by atoms with Gasteiger partial charge in [-0.25, -0.2) is 0 Å². The zero-order valence-corrected chi connectivity index (χ0v) is 21.8. The van der Waals surface area contributed by atoms with E-state index in [1.54, 1.807) is 0 Å². The van der Waals surface area contributed by atoms with Crippen LogP contribution in [0.4, 0.5) is 0 Å². The van der Waals surface area contributed by atoms with Crippen LogP contribution in [0.25, 0.3) is 0 Å². The second-order valence-electron chi connectivity index (χ2n) is 14.3. The van der Waals surface area contributed by atoms with Crippen LogP contribution in [-0.4, -0.2) is 22.9 Å². The fraction of sp³-hybridized carbons (Fsp3) is 0.933. The molecule has 0 aliphatic heterocycles. The van der Waals surface area contributed by atoms with E-state index in [9.17, 15) is 10.2 Å². The van der Waals surface area contributed by atoms with E-state index in [4.69, 9.17) is 0 Å². The molecule has 5 aliphatic rings. The van der Waals surface area contributed by atoms with E-state index < -0.39 is 0 Å². The predicted molar refractivity (Wildman–Crippen MR) is 132 cm³/mol. The van der Waals surface area contributed by atoms with Gasteiger partial charge in [0.15, 0.2) is 0 Å². The summed E-state index contributed by atoms with van der Waals surface area (Å²) in [5, 5.41) is 20.2. The average molecular weight is 443 g/mol. The maximum atomic E-state index is 10.8. The standard InChI is InChI=1S/C30H50O2/c1-20(18-31)8-7-9-21(2)22-12-14-28(6)24-11-10-23-26(3,4)25(32)13-15-29(23)19-30(24,29)17-16-27(22,28)5/h7-8,20-25,31-32H,9-19H2,1-6H3. The third kappa shape index (κ3) is 2.78. The summed E-state index contributed by atoms with van der Waals surface area (Å²) in [6.07, 6.45) is 17.9. The van der Waals surface area contributed by atoms with Crippen LogP contribution in [0.5, 0.6) is 0 Å². The van der Waals surface area contributed by atoms with Crippen LogP contribution in [0, 0.1) is 56.7 Å². The molecule has 2 nitrogen and oxygen atoms in total. The Morgan fingerprint density at radius 2 is 1.53 bits per heavy atom. The summed E-state index contributed by atoms with van der Waals surface area (Å²) in [5.74, 6) is 3.47. The average Bonchev–Trinajstić information content (AvgIpc) is 3.33. The predicted octanol–water partition coefficient (Wildman–Crippen LogP) is 7.00. The molecule has 2 N–H and O–H groups in total. The van der Waals surface area contributed by atoms with Crippen LogP contribution in [0.3, 0.4) is 0 Å². The quantitative estimate of drug-likeness (QED) is 0.450. The molecule has 0 aromatic carbocycles. The summed E-state index contributed by atoms with van der Waals surface area (Å²) in [6.45, 7) is 15.0. The third-order valence-corrected chi connectivity index (χ3v) is 13.1. The molecule has 0 heterocycles. The van der Waals surface area contributed by atoms with Crippen LogP contribution in [0.2, 0.25) is 0 Å². The van der Waals surface area contributed by atoms with E-state index in [1.807, 2.05) is 0 Å². The molecule has 0 aromatic heterocycles. The molecule has 182 valence electrons. The number of hydrogen-bond donors (Lipinski definition) is 2. The Labute approximate surface area is 197 Å². The zero-order valence-electron chi connectivity index (χ0n) is 21.8. The van der Waals surface area contributed by atoms with Crippen molar-refractivity contribution in [3.05, 3.63) is 12.2 Å². The molecule has 5 saturated carbocycles. The minimum atomic E-state index is -0.102. The first-order chi connectivity index (χ1) is 15.0. The molecule has 5 fully saturated rings. The molecule has 10 atom stereocenters. The van der Waals surface area contributed by atoms with Gasteiger partial charge in [0.25, 0.3) is 0 Å². The second-order valence-corrected chi connectivity index (χ2v) is 14.3. The van der Waals surface area contributed by atoms with Crippen LogP contribution < -0.4 is 0 Å². The molecule has 0 amide bonds. The van der Waals surface area contributed by atoms with Gasteiger partial charge in [0.2, 0.25) is 0 Å². The molecular weight excluding hydrogens is 392 g/mol. The van der Waals surface area contributed by atoms with Crippen molar-refractivity contribution in [1.82, 2.24) is 0 Å². The van der Waals surface area contributed by atoms with E-state index in [0.717, 1.165) is 36.5 Å². The highest BCUT2D eigenvalue weighted by Crippen LogP contribution is 2.89. The maximum Gasteiger partial charge on any atom is 0.0594 e. The van der Waals surface area contributed by atoms with E-state index in [0.29, 0.717) is 21.7 Å². The minimum Gasteiger partial charge on any atom is -0.396 e. The smallest absolute Gasteiger partial charge is 0.0594 e. The molecule has 10 unspecified atom stereocenters. The van der Waals surface area contributed by atoms with Crippen molar-refractivity contribution in [3.63, 3.8) is 0 Å². The molecule has 0 saturated heterocycles. The molecule has 5 aliphatic carbocycles. The highest BCUT2D eigenvalue weighted by Gasteiger charge is 2.82. The highest BCUT2D eigenvalue weighted by atomic mass is 16.3. The molecule has 2 spiro atoms. The van der Waals surface area contributed by atoms with Crippen molar-refractivity contribution in [2.75, 3.05) is 6.61 Å². The summed E-state index contributed by atoms with van der Waals surface area (Å²) >= 11 is 0. The molecule has 0 radical (unpaired) electrons. The lowest BCUT2D eigenvalue weighted by atomic mass is 9.42.